The van der Waals surface area contributed by atoms with Crippen LogP contribution in [0.3, 0.4) is 0 Å². The number of hydrogen-bond donors (Lipinski definition) is 1. The molecular weight excluding hydrogens is 429 g/mol. The van der Waals surface area contributed by atoms with E-state index in [4.69, 9.17) is 11.6 Å². The Labute approximate surface area is 190 Å². The molecule has 1 heterocycles. The normalized spacial score (nSPS) is 13.7. The van der Waals surface area contributed by atoms with E-state index in [1.807, 2.05) is 43.3 Å². The molecule has 0 aliphatic carbocycles. The number of benzene rings is 3. The molecule has 1 aliphatic rings. The molecule has 5 nitrogen and oxygen atoms in total. The SMILES string of the molecule is CN(C)c1ccc(NC2=C(c3ccc(F)cc3)C(=O)N(Cc3ccc(Cl)cc3)C2=O)cc1. The van der Waals surface area contributed by atoms with Crippen molar-refractivity contribution in [1.82, 2.24) is 4.90 Å². The summed E-state index contributed by atoms with van der Waals surface area (Å²) in [6, 6.07) is 20.0. The zero-order chi connectivity index (χ0) is 22.8. The Morgan fingerprint density at radius 2 is 1.50 bits per heavy atom. The molecule has 32 heavy (non-hydrogen) atoms. The summed E-state index contributed by atoms with van der Waals surface area (Å²) in [6.45, 7) is 0.101. The van der Waals surface area contributed by atoms with Crippen molar-refractivity contribution in [3.05, 3.63) is 100 Å². The van der Waals surface area contributed by atoms with Crippen molar-refractivity contribution >= 4 is 40.4 Å². The van der Waals surface area contributed by atoms with Crippen molar-refractivity contribution in [1.29, 1.82) is 0 Å². The van der Waals surface area contributed by atoms with Crippen LogP contribution in [0.2, 0.25) is 5.02 Å². The van der Waals surface area contributed by atoms with Gasteiger partial charge >= 0.3 is 0 Å². The third-order valence-corrected chi connectivity index (χ3v) is 5.46. The molecule has 2 amide bonds. The van der Waals surface area contributed by atoms with Crippen molar-refractivity contribution < 1.29 is 14.0 Å². The van der Waals surface area contributed by atoms with Gasteiger partial charge in [0.2, 0.25) is 0 Å². The molecule has 0 unspecified atom stereocenters. The fourth-order valence-electron chi connectivity index (χ4n) is 3.48. The van der Waals surface area contributed by atoms with Crippen LogP contribution < -0.4 is 10.2 Å². The number of rotatable bonds is 6. The lowest BCUT2D eigenvalue weighted by Gasteiger charge is -2.16. The predicted octanol–water partition coefficient (Wildman–Crippen LogP) is 4.94. The Morgan fingerprint density at radius 1 is 0.875 bits per heavy atom. The molecule has 0 saturated carbocycles. The summed E-state index contributed by atoms with van der Waals surface area (Å²) < 4.78 is 13.5. The summed E-state index contributed by atoms with van der Waals surface area (Å²) in [4.78, 5) is 29.7. The highest BCUT2D eigenvalue weighted by Crippen LogP contribution is 2.32. The molecule has 0 radical (unpaired) electrons. The van der Waals surface area contributed by atoms with E-state index in [2.05, 4.69) is 5.32 Å². The molecule has 0 saturated heterocycles. The zero-order valence-electron chi connectivity index (χ0n) is 17.6. The largest absolute Gasteiger partial charge is 0.378 e. The Hall–Kier alpha value is -3.64. The van der Waals surface area contributed by atoms with E-state index in [0.29, 0.717) is 16.3 Å². The van der Waals surface area contributed by atoms with Crippen LogP contribution in [0.5, 0.6) is 0 Å². The molecule has 1 N–H and O–H groups in total. The second kappa shape index (κ2) is 8.85. The average molecular weight is 450 g/mol. The fraction of sp³-hybridized carbons (Fsp3) is 0.120. The maximum absolute atomic E-state index is 13.5. The number of anilines is 2. The smallest absolute Gasteiger partial charge is 0.278 e. The monoisotopic (exact) mass is 449 g/mol. The van der Waals surface area contributed by atoms with Gasteiger partial charge < -0.3 is 10.2 Å². The van der Waals surface area contributed by atoms with Gasteiger partial charge in [0.05, 0.1) is 12.1 Å². The highest BCUT2D eigenvalue weighted by molar-refractivity contribution is 6.36. The minimum Gasteiger partial charge on any atom is -0.378 e. The molecule has 1 aliphatic heterocycles. The van der Waals surface area contributed by atoms with Crippen LogP contribution in [0.1, 0.15) is 11.1 Å². The van der Waals surface area contributed by atoms with Crippen LogP contribution in [0.15, 0.2) is 78.5 Å². The van der Waals surface area contributed by atoms with Gasteiger partial charge in [-0.1, -0.05) is 35.9 Å². The van der Waals surface area contributed by atoms with Crippen molar-refractivity contribution in [2.75, 3.05) is 24.3 Å². The maximum Gasteiger partial charge on any atom is 0.278 e. The lowest BCUT2D eigenvalue weighted by atomic mass is 10.0. The summed E-state index contributed by atoms with van der Waals surface area (Å²) in [7, 11) is 3.87. The van der Waals surface area contributed by atoms with E-state index in [1.54, 1.807) is 24.3 Å². The van der Waals surface area contributed by atoms with Crippen LogP contribution in [0.25, 0.3) is 5.57 Å². The second-order valence-corrected chi connectivity index (χ2v) is 8.08. The average Bonchev–Trinajstić information content (AvgIpc) is 3.00. The molecule has 162 valence electrons. The van der Waals surface area contributed by atoms with Gasteiger partial charge in [0.15, 0.2) is 0 Å². The summed E-state index contributed by atoms with van der Waals surface area (Å²) in [5.41, 5.74) is 3.27. The van der Waals surface area contributed by atoms with Crippen molar-refractivity contribution in [2.45, 2.75) is 6.54 Å². The summed E-state index contributed by atoms with van der Waals surface area (Å²) in [5.74, 6) is -1.30. The highest BCUT2D eigenvalue weighted by Gasteiger charge is 2.39. The number of nitrogens with zero attached hydrogens (tertiary/aromatic N) is 2. The predicted molar refractivity (Wildman–Crippen MR) is 125 cm³/mol. The Morgan fingerprint density at radius 3 is 2.09 bits per heavy atom. The van der Waals surface area contributed by atoms with Crippen molar-refractivity contribution in [3.8, 4) is 0 Å². The standard InChI is InChI=1S/C25H21ClFN3O2/c1-29(2)21-13-11-20(12-14-21)28-23-22(17-5-9-19(27)10-6-17)24(31)30(25(23)32)15-16-3-7-18(26)8-4-16/h3-14,28H,15H2,1-2H3. The van der Waals surface area contributed by atoms with Crippen molar-refractivity contribution in [3.63, 3.8) is 0 Å². The van der Waals surface area contributed by atoms with Gasteiger partial charge in [0.25, 0.3) is 11.8 Å². The first-order valence-electron chi connectivity index (χ1n) is 9.99. The number of carbonyl (C=O) groups is 2. The molecule has 0 atom stereocenters. The minimum absolute atomic E-state index is 0.101. The van der Waals surface area contributed by atoms with Crippen LogP contribution in [-0.4, -0.2) is 30.8 Å². The van der Waals surface area contributed by atoms with Crippen LogP contribution in [0.4, 0.5) is 15.8 Å². The van der Waals surface area contributed by atoms with Gasteiger partial charge in [-0.05, 0) is 59.7 Å². The van der Waals surface area contributed by atoms with E-state index >= 15 is 0 Å². The quantitative estimate of drug-likeness (QED) is 0.542. The molecule has 0 spiro atoms. The van der Waals surface area contributed by atoms with Gasteiger partial charge in [-0.15, -0.1) is 0 Å². The molecule has 0 aromatic heterocycles. The van der Waals surface area contributed by atoms with E-state index in [-0.39, 0.29) is 17.8 Å². The lowest BCUT2D eigenvalue weighted by molar-refractivity contribution is -0.137. The summed E-state index contributed by atoms with van der Waals surface area (Å²) in [6.07, 6.45) is 0. The van der Waals surface area contributed by atoms with E-state index < -0.39 is 17.6 Å². The van der Waals surface area contributed by atoms with E-state index in [9.17, 15) is 14.0 Å². The number of amides is 2. The summed E-state index contributed by atoms with van der Waals surface area (Å²) in [5, 5.41) is 3.68. The number of hydrogen-bond acceptors (Lipinski definition) is 4. The Kier molecular flexibility index (Phi) is 5.97. The molecule has 3 aromatic carbocycles. The first-order chi connectivity index (χ1) is 15.3. The second-order valence-electron chi connectivity index (χ2n) is 7.65. The third kappa shape index (κ3) is 4.36. The maximum atomic E-state index is 13.5. The van der Waals surface area contributed by atoms with E-state index in [0.717, 1.165) is 11.3 Å². The molecule has 0 bridgehead atoms. The lowest BCUT2D eigenvalue weighted by Crippen LogP contribution is -2.32. The number of imide groups is 1. The molecule has 3 aromatic rings. The van der Waals surface area contributed by atoms with Gasteiger partial charge in [-0.2, -0.15) is 0 Å². The van der Waals surface area contributed by atoms with Crippen molar-refractivity contribution in [2.24, 2.45) is 0 Å². The topological polar surface area (TPSA) is 52.7 Å². The molecule has 4 rings (SSSR count). The van der Waals surface area contributed by atoms with Crippen LogP contribution in [0, 0.1) is 5.82 Å². The van der Waals surface area contributed by atoms with Gasteiger partial charge in [0, 0.05) is 30.5 Å². The minimum atomic E-state index is -0.444. The number of halogens is 2. The zero-order valence-corrected chi connectivity index (χ0v) is 18.4. The Balaban J connectivity index is 1.70. The molecule has 0 fully saturated rings. The molecule has 7 heteroatoms. The molecular formula is C25H21ClFN3O2. The van der Waals surface area contributed by atoms with Crippen LogP contribution in [-0.2, 0) is 16.1 Å². The summed E-state index contributed by atoms with van der Waals surface area (Å²) >= 11 is 5.95. The first-order valence-corrected chi connectivity index (χ1v) is 10.4. The highest BCUT2D eigenvalue weighted by atomic mass is 35.5. The first kappa shape index (κ1) is 21.6. The number of carbonyl (C=O) groups excluding carboxylic acids is 2. The van der Waals surface area contributed by atoms with Gasteiger partial charge in [0.1, 0.15) is 11.5 Å². The number of nitrogens with one attached hydrogen (secondary N) is 1. The fourth-order valence-corrected chi connectivity index (χ4v) is 3.61. The Bertz CT molecular complexity index is 1190. The van der Waals surface area contributed by atoms with Crippen LogP contribution >= 0.6 is 11.6 Å². The van der Waals surface area contributed by atoms with Gasteiger partial charge in [-0.3, -0.25) is 14.5 Å². The van der Waals surface area contributed by atoms with E-state index in [1.165, 1.54) is 29.2 Å². The third-order valence-electron chi connectivity index (χ3n) is 5.21. The van der Waals surface area contributed by atoms with Gasteiger partial charge in [-0.25, -0.2) is 4.39 Å².